The lowest BCUT2D eigenvalue weighted by atomic mass is 9.81. The molecule has 0 bridgehead atoms. The Balaban J connectivity index is 2.62. The van der Waals surface area contributed by atoms with Gasteiger partial charge in [0.25, 0.3) is 0 Å². The summed E-state index contributed by atoms with van der Waals surface area (Å²) in [7, 11) is 1.70. The minimum Gasteiger partial charge on any atom is -0.387 e. The van der Waals surface area contributed by atoms with E-state index >= 15 is 0 Å². The molecule has 4 nitrogen and oxygen atoms in total. The zero-order chi connectivity index (χ0) is 10.8. The third-order valence-electron chi connectivity index (χ3n) is 2.90. The highest BCUT2D eigenvalue weighted by molar-refractivity contribution is 5.77. The van der Waals surface area contributed by atoms with E-state index in [1.165, 1.54) is 0 Å². The van der Waals surface area contributed by atoms with Gasteiger partial charge in [-0.2, -0.15) is 0 Å². The van der Waals surface area contributed by atoms with Crippen LogP contribution in [0.5, 0.6) is 0 Å². The van der Waals surface area contributed by atoms with Crippen LogP contribution in [0.4, 0.5) is 0 Å². The monoisotopic (exact) mass is 201 g/mol. The van der Waals surface area contributed by atoms with E-state index in [9.17, 15) is 4.79 Å². The van der Waals surface area contributed by atoms with Gasteiger partial charge in [0.2, 0.25) is 5.91 Å². The summed E-state index contributed by atoms with van der Waals surface area (Å²) < 4.78 is 5.37. The van der Waals surface area contributed by atoms with Crippen LogP contribution in [-0.2, 0) is 9.53 Å². The van der Waals surface area contributed by atoms with E-state index in [2.05, 4.69) is 13.8 Å². The van der Waals surface area contributed by atoms with Crippen LogP contribution in [0.15, 0.2) is 0 Å². The number of carbonyl (C=O) groups excluding carboxylic acids is 1. The molecule has 0 unspecified atom stereocenters. The molecule has 1 fully saturated rings. The van der Waals surface area contributed by atoms with E-state index in [4.69, 9.17) is 9.84 Å². The Morgan fingerprint density at radius 2 is 2.29 bits per heavy atom. The molecule has 0 aromatic rings. The van der Waals surface area contributed by atoms with Gasteiger partial charge in [0.1, 0.15) is 6.61 Å². The Labute approximate surface area is 84.8 Å². The Morgan fingerprint density at radius 1 is 1.64 bits per heavy atom. The summed E-state index contributed by atoms with van der Waals surface area (Å²) in [6.07, 6.45) is 1.04. The molecule has 14 heavy (non-hydrogen) atoms. The van der Waals surface area contributed by atoms with Crippen molar-refractivity contribution in [2.24, 2.45) is 5.41 Å². The SMILES string of the molecule is CO[C@H]1CCN(C(=O)CO)CC1(C)C. The minimum atomic E-state index is -0.395. The van der Waals surface area contributed by atoms with Crippen molar-refractivity contribution in [1.82, 2.24) is 4.90 Å². The van der Waals surface area contributed by atoms with Crippen molar-refractivity contribution in [2.75, 3.05) is 26.8 Å². The van der Waals surface area contributed by atoms with Gasteiger partial charge in [-0.3, -0.25) is 4.79 Å². The third kappa shape index (κ3) is 2.25. The number of hydrogen-bond acceptors (Lipinski definition) is 3. The topological polar surface area (TPSA) is 49.8 Å². The first kappa shape index (κ1) is 11.5. The number of ether oxygens (including phenoxy) is 1. The molecule has 0 saturated carbocycles. The molecule has 0 aliphatic carbocycles. The lowest BCUT2D eigenvalue weighted by Gasteiger charge is -2.43. The molecule has 1 aliphatic heterocycles. The van der Waals surface area contributed by atoms with Crippen molar-refractivity contribution >= 4 is 5.91 Å². The quantitative estimate of drug-likeness (QED) is 0.697. The van der Waals surface area contributed by atoms with Crippen molar-refractivity contribution in [1.29, 1.82) is 0 Å². The molecule has 1 aliphatic rings. The lowest BCUT2D eigenvalue weighted by Crippen LogP contribution is -2.51. The molecule has 1 atom stereocenters. The van der Waals surface area contributed by atoms with Gasteiger partial charge < -0.3 is 14.7 Å². The molecule has 1 N–H and O–H groups in total. The predicted molar refractivity (Wildman–Crippen MR) is 52.9 cm³/mol. The second-order valence-corrected chi connectivity index (χ2v) is 4.48. The second kappa shape index (κ2) is 4.28. The van der Waals surface area contributed by atoms with Gasteiger partial charge in [-0.25, -0.2) is 0 Å². The van der Waals surface area contributed by atoms with Crippen LogP contribution < -0.4 is 0 Å². The van der Waals surface area contributed by atoms with Gasteiger partial charge in [0, 0.05) is 25.6 Å². The van der Waals surface area contributed by atoms with Crippen LogP contribution in [0.3, 0.4) is 0 Å². The standard InChI is InChI=1S/C10H19NO3/c1-10(2)7-11(9(13)6-12)5-4-8(10)14-3/h8,12H,4-7H2,1-3H3/t8-/m0/s1. The number of carbonyl (C=O) groups is 1. The molecular formula is C10H19NO3. The number of hydrogen-bond donors (Lipinski definition) is 1. The number of likely N-dealkylation sites (tertiary alicyclic amines) is 1. The molecule has 0 aromatic heterocycles. The van der Waals surface area contributed by atoms with Gasteiger partial charge in [0.15, 0.2) is 0 Å². The summed E-state index contributed by atoms with van der Waals surface area (Å²) in [6, 6.07) is 0. The zero-order valence-electron chi connectivity index (χ0n) is 9.12. The van der Waals surface area contributed by atoms with E-state index in [1.807, 2.05) is 0 Å². The van der Waals surface area contributed by atoms with E-state index in [0.29, 0.717) is 13.1 Å². The van der Waals surface area contributed by atoms with E-state index in [0.717, 1.165) is 6.42 Å². The molecule has 0 spiro atoms. The number of nitrogens with zero attached hydrogens (tertiary/aromatic N) is 1. The Morgan fingerprint density at radius 3 is 2.71 bits per heavy atom. The smallest absolute Gasteiger partial charge is 0.248 e. The maximum Gasteiger partial charge on any atom is 0.248 e. The number of aliphatic hydroxyl groups excluding tert-OH is 1. The van der Waals surface area contributed by atoms with Crippen LogP contribution in [0.25, 0.3) is 0 Å². The molecule has 82 valence electrons. The first-order chi connectivity index (χ1) is 6.51. The maximum atomic E-state index is 11.3. The highest BCUT2D eigenvalue weighted by Crippen LogP contribution is 2.31. The largest absolute Gasteiger partial charge is 0.387 e. The second-order valence-electron chi connectivity index (χ2n) is 4.48. The first-order valence-electron chi connectivity index (χ1n) is 4.92. The Bertz CT molecular complexity index is 215. The van der Waals surface area contributed by atoms with Crippen molar-refractivity contribution in [3.63, 3.8) is 0 Å². The van der Waals surface area contributed by atoms with Gasteiger partial charge in [-0.1, -0.05) is 13.8 Å². The number of aliphatic hydroxyl groups is 1. The zero-order valence-corrected chi connectivity index (χ0v) is 9.12. The fourth-order valence-corrected chi connectivity index (χ4v) is 2.09. The molecule has 1 heterocycles. The number of piperidine rings is 1. The molecule has 0 aromatic carbocycles. The van der Waals surface area contributed by atoms with Crippen LogP contribution in [0.1, 0.15) is 20.3 Å². The highest BCUT2D eigenvalue weighted by atomic mass is 16.5. The summed E-state index contributed by atoms with van der Waals surface area (Å²) >= 11 is 0. The molecule has 1 rings (SSSR count). The Kier molecular flexibility index (Phi) is 3.50. The van der Waals surface area contributed by atoms with Crippen LogP contribution in [0, 0.1) is 5.41 Å². The summed E-state index contributed by atoms with van der Waals surface area (Å²) in [5.74, 6) is -0.187. The fraction of sp³-hybridized carbons (Fsp3) is 0.900. The summed E-state index contributed by atoms with van der Waals surface area (Å²) in [5, 5.41) is 8.76. The maximum absolute atomic E-state index is 11.3. The Hall–Kier alpha value is -0.610. The third-order valence-corrected chi connectivity index (χ3v) is 2.90. The number of amides is 1. The minimum absolute atomic E-state index is 0.0299. The van der Waals surface area contributed by atoms with Gasteiger partial charge in [-0.15, -0.1) is 0 Å². The van der Waals surface area contributed by atoms with E-state index < -0.39 is 6.61 Å². The number of methoxy groups -OCH3 is 1. The van der Waals surface area contributed by atoms with Crippen molar-refractivity contribution in [2.45, 2.75) is 26.4 Å². The van der Waals surface area contributed by atoms with Crippen molar-refractivity contribution in [3.05, 3.63) is 0 Å². The first-order valence-corrected chi connectivity index (χ1v) is 4.92. The molecule has 0 radical (unpaired) electrons. The summed E-state index contributed by atoms with van der Waals surface area (Å²) in [4.78, 5) is 13.0. The van der Waals surface area contributed by atoms with Crippen molar-refractivity contribution in [3.8, 4) is 0 Å². The predicted octanol–water partition coefficient (Wildman–Crippen LogP) is 0.252. The molecule has 4 heteroatoms. The van der Waals surface area contributed by atoms with Gasteiger partial charge in [0.05, 0.1) is 6.10 Å². The van der Waals surface area contributed by atoms with Crippen LogP contribution in [-0.4, -0.2) is 48.8 Å². The lowest BCUT2D eigenvalue weighted by molar-refractivity contribution is -0.142. The van der Waals surface area contributed by atoms with Gasteiger partial charge >= 0.3 is 0 Å². The highest BCUT2D eigenvalue weighted by Gasteiger charge is 2.37. The molecule has 1 amide bonds. The van der Waals surface area contributed by atoms with Gasteiger partial charge in [-0.05, 0) is 6.42 Å². The summed E-state index contributed by atoms with van der Waals surface area (Å²) in [5.41, 5.74) is -0.0299. The van der Waals surface area contributed by atoms with Crippen LogP contribution in [0.2, 0.25) is 0 Å². The van der Waals surface area contributed by atoms with Crippen LogP contribution >= 0.6 is 0 Å². The normalized spacial score (nSPS) is 26.3. The van der Waals surface area contributed by atoms with Crippen molar-refractivity contribution < 1.29 is 14.6 Å². The average Bonchev–Trinajstić information content (AvgIpc) is 2.15. The van der Waals surface area contributed by atoms with E-state index in [-0.39, 0.29) is 17.4 Å². The van der Waals surface area contributed by atoms with E-state index in [1.54, 1.807) is 12.0 Å². The number of rotatable bonds is 2. The fourth-order valence-electron chi connectivity index (χ4n) is 2.09. The average molecular weight is 201 g/mol. The summed E-state index contributed by atoms with van der Waals surface area (Å²) in [6.45, 7) is 5.11. The molecular weight excluding hydrogens is 182 g/mol. The molecule has 1 saturated heterocycles.